The van der Waals surface area contributed by atoms with Crippen LogP contribution in [0.5, 0.6) is 6.01 Å². The van der Waals surface area contributed by atoms with E-state index in [0.29, 0.717) is 10.7 Å². The lowest BCUT2D eigenvalue weighted by atomic mass is 10.3. The average molecular weight is 226 g/mol. The van der Waals surface area contributed by atoms with Gasteiger partial charge in [0.25, 0.3) is 0 Å². The minimum absolute atomic E-state index is 0.167. The molecule has 15 heavy (non-hydrogen) atoms. The Labute approximate surface area is 90.3 Å². The Morgan fingerprint density at radius 1 is 1.53 bits per heavy atom. The molecule has 0 aliphatic rings. The third-order valence-corrected chi connectivity index (χ3v) is 2.08. The van der Waals surface area contributed by atoms with Crippen molar-refractivity contribution >= 4 is 11.6 Å². The highest BCUT2D eigenvalue weighted by Crippen LogP contribution is 2.13. The highest BCUT2D eigenvalue weighted by molar-refractivity contribution is 6.30. The topological polar surface area (TPSA) is 59.9 Å². The summed E-state index contributed by atoms with van der Waals surface area (Å²) in [5.74, 6) is 0. The zero-order valence-electron chi connectivity index (χ0n) is 7.90. The zero-order valence-corrected chi connectivity index (χ0v) is 8.65. The van der Waals surface area contributed by atoms with Crippen LogP contribution in [0.25, 0.3) is 5.69 Å². The van der Waals surface area contributed by atoms with Crippen LogP contribution < -0.4 is 10.4 Å². The van der Waals surface area contributed by atoms with E-state index in [0.717, 1.165) is 0 Å². The van der Waals surface area contributed by atoms with Crippen molar-refractivity contribution in [2.24, 2.45) is 0 Å². The minimum atomic E-state index is -0.367. The van der Waals surface area contributed by atoms with Crippen molar-refractivity contribution in [1.29, 1.82) is 0 Å². The van der Waals surface area contributed by atoms with Gasteiger partial charge in [0.05, 0.1) is 12.8 Å². The van der Waals surface area contributed by atoms with E-state index in [1.165, 1.54) is 11.8 Å². The minimum Gasteiger partial charge on any atom is -0.467 e. The van der Waals surface area contributed by atoms with Gasteiger partial charge in [-0.2, -0.15) is 4.68 Å². The van der Waals surface area contributed by atoms with Crippen LogP contribution in [0.4, 0.5) is 0 Å². The summed E-state index contributed by atoms with van der Waals surface area (Å²) in [5, 5.41) is 4.45. The van der Waals surface area contributed by atoms with Gasteiger partial charge in [0.1, 0.15) is 0 Å². The Morgan fingerprint density at radius 3 is 2.93 bits per heavy atom. The molecule has 78 valence electrons. The van der Waals surface area contributed by atoms with Gasteiger partial charge in [-0.1, -0.05) is 17.7 Å². The number of aromatic amines is 1. The average Bonchev–Trinajstić information content (AvgIpc) is 2.60. The summed E-state index contributed by atoms with van der Waals surface area (Å²) >= 11 is 5.80. The van der Waals surface area contributed by atoms with Crippen LogP contribution in [0.15, 0.2) is 29.1 Å². The summed E-state index contributed by atoms with van der Waals surface area (Å²) in [6.45, 7) is 0. The van der Waals surface area contributed by atoms with E-state index in [4.69, 9.17) is 16.3 Å². The summed E-state index contributed by atoms with van der Waals surface area (Å²) in [7, 11) is 1.43. The largest absolute Gasteiger partial charge is 0.467 e. The number of aromatic nitrogens is 3. The van der Waals surface area contributed by atoms with E-state index in [-0.39, 0.29) is 11.7 Å². The summed E-state index contributed by atoms with van der Waals surface area (Å²) in [6, 6.07) is 7.00. The maximum absolute atomic E-state index is 11.4. The summed E-state index contributed by atoms with van der Waals surface area (Å²) in [4.78, 5) is 13.9. The maximum atomic E-state index is 11.4. The van der Waals surface area contributed by atoms with Crippen molar-refractivity contribution in [3.8, 4) is 11.7 Å². The molecule has 0 saturated carbocycles. The predicted octanol–water partition coefficient (Wildman–Crippen LogP) is 1.22. The molecule has 5 nitrogen and oxygen atoms in total. The first-order valence-electron chi connectivity index (χ1n) is 4.20. The molecule has 0 aliphatic heterocycles. The van der Waals surface area contributed by atoms with Gasteiger partial charge in [-0.15, -0.1) is 5.10 Å². The van der Waals surface area contributed by atoms with Gasteiger partial charge in [-0.25, -0.2) is 4.79 Å². The first-order chi connectivity index (χ1) is 7.20. The first kappa shape index (κ1) is 9.79. The van der Waals surface area contributed by atoms with E-state index >= 15 is 0 Å². The molecule has 1 aromatic carbocycles. The number of hydrogen-bond donors (Lipinski definition) is 1. The Hall–Kier alpha value is -1.75. The summed E-state index contributed by atoms with van der Waals surface area (Å²) < 4.78 is 5.99. The molecule has 0 fully saturated rings. The van der Waals surface area contributed by atoms with Gasteiger partial charge in [0.15, 0.2) is 0 Å². The molecule has 0 amide bonds. The van der Waals surface area contributed by atoms with Gasteiger partial charge >= 0.3 is 11.7 Å². The molecule has 1 N–H and O–H groups in total. The lowest BCUT2D eigenvalue weighted by Crippen LogP contribution is -2.15. The molecule has 2 rings (SSSR count). The van der Waals surface area contributed by atoms with Crippen LogP contribution in [0.3, 0.4) is 0 Å². The van der Waals surface area contributed by atoms with E-state index in [1.807, 2.05) is 0 Å². The molecule has 0 aliphatic carbocycles. The van der Waals surface area contributed by atoms with Gasteiger partial charge in [-0.05, 0) is 18.2 Å². The molecule has 0 spiro atoms. The van der Waals surface area contributed by atoms with Crippen molar-refractivity contribution < 1.29 is 4.74 Å². The Balaban J connectivity index is 2.54. The molecule has 0 radical (unpaired) electrons. The standard InChI is InChI=1S/C9H8ClN3O2/c1-15-8-11-9(14)13(12-8)7-4-2-3-6(10)5-7/h2-5H,1H3,(H,11,12,14). The smallest absolute Gasteiger partial charge is 0.350 e. The third-order valence-electron chi connectivity index (χ3n) is 1.84. The van der Waals surface area contributed by atoms with Crippen LogP contribution in [-0.2, 0) is 0 Å². The van der Waals surface area contributed by atoms with Crippen molar-refractivity contribution in [2.45, 2.75) is 0 Å². The molecule has 6 heteroatoms. The molecular formula is C9H8ClN3O2. The molecule has 0 atom stereocenters. The summed E-state index contributed by atoms with van der Waals surface area (Å²) in [5.41, 5.74) is 0.223. The second kappa shape index (κ2) is 3.78. The number of halogens is 1. The fourth-order valence-corrected chi connectivity index (χ4v) is 1.36. The fourth-order valence-electron chi connectivity index (χ4n) is 1.18. The van der Waals surface area contributed by atoms with Crippen molar-refractivity contribution in [3.63, 3.8) is 0 Å². The molecule has 0 bridgehead atoms. The van der Waals surface area contributed by atoms with E-state index in [2.05, 4.69) is 10.1 Å². The molecule has 2 aromatic rings. The number of ether oxygens (including phenoxy) is 1. The van der Waals surface area contributed by atoms with E-state index in [1.54, 1.807) is 24.3 Å². The Bertz CT molecular complexity index is 532. The normalized spacial score (nSPS) is 10.3. The third kappa shape index (κ3) is 1.87. The van der Waals surface area contributed by atoms with E-state index in [9.17, 15) is 4.79 Å². The number of benzene rings is 1. The predicted molar refractivity (Wildman–Crippen MR) is 55.7 cm³/mol. The van der Waals surface area contributed by atoms with Crippen LogP contribution in [0.1, 0.15) is 0 Å². The van der Waals surface area contributed by atoms with Crippen LogP contribution >= 0.6 is 11.6 Å². The van der Waals surface area contributed by atoms with Crippen LogP contribution in [0.2, 0.25) is 5.02 Å². The Kier molecular flexibility index (Phi) is 2.47. The maximum Gasteiger partial charge on any atom is 0.350 e. The number of hydrogen-bond acceptors (Lipinski definition) is 3. The van der Waals surface area contributed by atoms with Crippen molar-refractivity contribution in [3.05, 3.63) is 39.8 Å². The Morgan fingerprint density at radius 2 is 2.33 bits per heavy atom. The molecule has 0 saturated heterocycles. The molecule has 1 aromatic heterocycles. The number of methoxy groups -OCH3 is 1. The summed E-state index contributed by atoms with van der Waals surface area (Å²) in [6.07, 6.45) is 0. The number of rotatable bonds is 2. The van der Waals surface area contributed by atoms with Crippen molar-refractivity contribution in [2.75, 3.05) is 7.11 Å². The lowest BCUT2D eigenvalue weighted by Gasteiger charge is -1.98. The van der Waals surface area contributed by atoms with Gasteiger partial charge in [0, 0.05) is 5.02 Å². The fraction of sp³-hybridized carbons (Fsp3) is 0.111. The van der Waals surface area contributed by atoms with E-state index < -0.39 is 0 Å². The number of nitrogens with one attached hydrogen (secondary N) is 1. The highest BCUT2D eigenvalue weighted by Gasteiger charge is 2.06. The number of nitrogens with zero attached hydrogens (tertiary/aromatic N) is 2. The second-order valence-electron chi connectivity index (χ2n) is 2.83. The van der Waals surface area contributed by atoms with Crippen LogP contribution in [-0.4, -0.2) is 21.9 Å². The zero-order chi connectivity index (χ0) is 10.8. The van der Waals surface area contributed by atoms with Gasteiger partial charge in [-0.3, -0.25) is 4.98 Å². The second-order valence-corrected chi connectivity index (χ2v) is 3.27. The van der Waals surface area contributed by atoms with Crippen LogP contribution in [0, 0.1) is 0 Å². The first-order valence-corrected chi connectivity index (χ1v) is 4.58. The van der Waals surface area contributed by atoms with Crippen molar-refractivity contribution in [1.82, 2.24) is 14.8 Å². The van der Waals surface area contributed by atoms with Gasteiger partial charge in [0.2, 0.25) is 0 Å². The molecule has 0 unspecified atom stereocenters. The molecular weight excluding hydrogens is 218 g/mol. The number of H-pyrrole nitrogens is 1. The monoisotopic (exact) mass is 225 g/mol. The SMILES string of the molecule is COc1nn(-c2cccc(Cl)c2)c(=O)[nH]1. The lowest BCUT2D eigenvalue weighted by molar-refractivity contribution is 0.379. The highest BCUT2D eigenvalue weighted by atomic mass is 35.5. The molecule has 1 heterocycles. The van der Waals surface area contributed by atoms with Gasteiger partial charge < -0.3 is 4.74 Å². The quantitative estimate of drug-likeness (QED) is 0.836.